The maximum Gasteiger partial charge on any atom is 0.0965 e. The molecule has 0 fully saturated rings. The van der Waals surface area contributed by atoms with E-state index in [9.17, 15) is 0 Å². The van der Waals surface area contributed by atoms with Crippen LogP contribution in [0, 0.1) is 17.8 Å². The number of allylic oxidation sites excluding steroid dienone is 1. The van der Waals surface area contributed by atoms with Crippen molar-refractivity contribution in [1.82, 2.24) is 0 Å². The van der Waals surface area contributed by atoms with Gasteiger partial charge in [-0.25, -0.2) is 0 Å². The molecular formula is C20H29BrO. The summed E-state index contributed by atoms with van der Waals surface area (Å²) in [7, 11) is 0. The van der Waals surface area contributed by atoms with Gasteiger partial charge in [-0.1, -0.05) is 49.3 Å². The number of hydrogen-bond acceptors (Lipinski definition) is 1. The molecule has 122 valence electrons. The second-order valence-corrected chi connectivity index (χ2v) is 8.07. The van der Waals surface area contributed by atoms with E-state index in [1.165, 1.54) is 24.0 Å². The van der Waals surface area contributed by atoms with E-state index in [1.54, 1.807) is 0 Å². The van der Waals surface area contributed by atoms with Crippen LogP contribution in [0.3, 0.4) is 0 Å². The number of halogens is 1. The minimum absolute atomic E-state index is 0.349. The summed E-state index contributed by atoms with van der Waals surface area (Å²) < 4.78 is 6.96. The first-order valence-corrected chi connectivity index (χ1v) is 9.31. The molecule has 2 heteroatoms. The number of rotatable bonds is 7. The second-order valence-electron chi connectivity index (χ2n) is 7.15. The Kier molecular flexibility index (Phi) is 6.14. The standard InChI is InChI=1S/C20H29BrO/c1-6-22-15(5)20-17(10-14(4)9-13(2)3)11-16-7-8-18(21)12-19(16)20/h7-8,12-14,17,20H,5-6,9-11H2,1-4H3/t14-,17+,20+/m1/s1. The molecule has 0 aliphatic heterocycles. The van der Waals surface area contributed by atoms with Gasteiger partial charge in [0, 0.05) is 10.4 Å². The minimum Gasteiger partial charge on any atom is -0.498 e. The predicted molar refractivity (Wildman–Crippen MR) is 98.1 cm³/mol. The quantitative estimate of drug-likeness (QED) is 0.513. The van der Waals surface area contributed by atoms with E-state index in [4.69, 9.17) is 4.74 Å². The summed E-state index contributed by atoms with van der Waals surface area (Å²) in [4.78, 5) is 0. The van der Waals surface area contributed by atoms with Crippen molar-refractivity contribution in [2.45, 2.75) is 52.9 Å². The topological polar surface area (TPSA) is 9.23 Å². The molecule has 2 rings (SSSR count). The van der Waals surface area contributed by atoms with Crippen LogP contribution in [0.1, 0.15) is 57.6 Å². The van der Waals surface area contributed by atoms with E-state index in [0.717, 1.165) is 28.5 Å². The van der Waals surface area contributed by atoms with Crippen LogP contribution < -0.4 is 0 Å². The molecule has 0 spiro atoms. The fraction of sp³-hybridized carbons (Fsp3) is 0.600. The molecule has 1 aromatic rings. The summed E-state index contributed by atoms with van der Waals surface area (Å²) in [5.41, 5.74) is 2.88. The lowest BCUT2D eigenvalue weighted by Gasteiger charge is -2.26. The summed E-state index contributed by atoms with van der Waals surface area (Å²) in [6.07, 6.45) is 3.70. The Bertz CT molecular complexity index is 520. The highest BCUT2D eigenvalue weighted by molar-refractivity contribution is 9.10. The largest absolute Gasteiger partial charge is 0.498 e. The molecule has 1 nitrogen and oxygen atoms in total. The zero-order chi connectivity index (χ0) is 16.3. The SMILES string of the molecule is C=C(OCC)[C@@H]1c2cc(Br)ccc2C[C@@H]1C[C@H](C)CC(C)C. The van der Waals surface area contributed by atoms with E-state index in [0.29, 0.717) is 18.4 Å². The van der Waals surface area contributed by atoms with Gasteiger partial charge in [0.05, 0.1) is 12.4 Å². The number of fused-ring (bicyclic) bond motifs is 1. The molecule has 1 aliphatic carbocycles. The third-order valence-electron chi connectivity index (χ3n) is 4.65. The van der Waals surface area contributed by atoms with Crippen LogP contribution in [0.2, 0.25) is 0 Å². The van der Waals surface area contributed by atoms with Gasteiger partial charge >= 0.3 is 0 Å². The van der Waals surface area contributed by atoms with Crippen molar-refractivity contribution in [3.8, 4) is 0 Å². The molecule has 0 radical (unpaired) electrons. The first kappa shape index (κ1) is 17.6. The van der Waals surface area contributed by atoms with Gasteiger partial charge in [-0.05, 0) is 67.2 Å². The van der Waals surface area contributed by atoms with Crippen molar-refractivity contribution < 1.29 is 4.74 Å². The lowest BCUT2D eigenvalue weighted by atomic mass is 9.82. The van der Waals surface area contributed by atoms with Crippen LogP contribution in [-0.4, -0.2) is 6.61 Å². The van der Waals surface area contributed by atoms with E-state index < -0.39 is 0 Å². The third kappa shape index (κ3) is 4.16. The Morgan fingerprint density at radius 1 is 1.36 bits per heavy atom. The van der Waals surface area contributed by atoms with Gasteiger partial charge in [-0.2, -0.15) is 0 Å². The molecular weight excluding hydrogens is 336 g/mol. The van der Waals surface area contributed by atoms with Gasteiger partial charge < -0.3 is 4.74 Å². The first-order valence-electron chi connectivity index (χ1n) is 8.52. The smallest absolute Gasteiger partial charge is 0.0965 e. The normalized spacial score (nSPS) is 21.7. The minimum atomic E-state index is 0.349. The Morgan fingerprint density at radius 3 is 2.73 bits per heavy atom. The van der Waals surface area contributed by atoms with E-state index in [-0.39, 0.29) is 0 Å². The summed E-state index contributed by atoms with van der Waals surface area (Å²) in [6, 6.07) is 6.68. The van der Waals surface area contributed by atoms with Crippen molar-refractivity contribution in [3.63, 3.8) is 0 Å². The summed E-state index contributed by atoms with van der Waals surface area (Å²) in [5.74, 6) is 3.43. The maximum atomic E-state index is 5.81. The fourth-order valence-corrected chi connectivity index (χ4v) is 4.42. The van der Waals surface area contributed by atoms with Crippen LogP contribution in [0.4, 0.5) is 0 Å². The maximum absolute atomic E-state index is 5.81. The van der Waals surface area contributed by atoms with Crippen LogP contribution in [0.25, 0.3) is 0 Å². The summed E-state index contributed by atoms with van der Waals surface area (Å²) in [6.45, 7) is 14.0. The molecule has 22 heavy (non-hydrogen) atoms. The molecule has 1 aliphatic rings. The van der Waals surface area contributed by atoms with Crippen LogP contribution in [0.5, 0.6) is 0 Å². The van der Waals surface area contributed by atoms with Crippen molar-refractivity contribution in [2.24, 2.45) is 17.8 Å². The van der Waals surface area contributed by atoms with Crippen LogP contribution in [-0.2, 0) is 11.2 Å². The molecule has 0 saturated carbocycles. The number of hydrogen-bond donors (Lipinski definition) is 0. The van der Waals surface area contributed by atoms with Crippen LogP contribution in [0.15, 0.2) is 35.0 Å². The lowest BCUT2D eigenvalue weighted by molar-refractivity contribution is 0.188. The average Bonchev–Trinajstić information content (AvgIpc) is 2.74. The predicted octanol–water partition coefficient (Wildman–Crippen LogP) is 6.33. The number of ether oxygens (including phenoxy) is 1. The zero-order valence-electron chi connectivity index (χ0n) is 14.4. The van der Waals surface area contributed by atoms with Gasteiger partial charge in [0.1, 0.15) is 0 Å². The van der Waals surface area contributed by atoms with E-state index in [1.807, 2.05) is 6.92 Å². The first-order chi connectivity index (χ1) is 10.4. The van der Waals surface area contributed by atoms with Crippen molar-refractivity contribution in [3.05, 3.63) is 46.1 Å². The van der Waals surface area contributed by atoms with Crippen molar-refractivity contribution in [2.75, 3.05) is 6.61 Å². The Hall–Kier alpha value is -0.760. The highest BCUT2D eigenvalue weighted by atomic mass is 79.9. The van der Waals surface area contributed by atoms with Gasteiger partial charge in [-0.15, -0.1) is 0 Å². The molecule has 0 bridgehead atoms. The van der Waals surface area contributed by atoms with Crippen molar-refractivity contribution in [1.29, 1.82) is 0 Å². The average molecular weight is 365 g/mol. The fourth-order valence-electron chi connectivity index (χ4n) is 4.04. The molecule has 0 unspecified atom stereocenters. The van der Waals surface area contributed by atoms with Crippen LogP contribution >= 0.6 is 15.9 Å². The lowest BCUT2D eigenvalue weighted by Crippen LogP contribution is -2.16. The summed E-state index contributed by atoms with van der Waals surface area (Å²) >= 11 is 3.61. The molecule has 0 amide bonds. The zero-order valence-corrected chi connectivity index (χ0v) is 15.9. The third-order valence-corrected chi connectivity index (χ3v) is 5.15. The summed E-state index contributed by atoms with van der Waals surface area (Å²) in [5, 5.41) is 0. The Balaban J connectivity index is 2.21. The molecule has 1 aromatic carbocycles. The van der Waals surface area contributed by atoms with Gasteiger partial charge in [0.2, 0.25) is 0 Å². The molecule has 3 atom stereocenters. The highest BCUT2D eigenvalue weighted by Gasteiger charge is 2.36. The molecule has 0 aromatic heterocycles. The number of benzene rings is 1. The molecule has 0 N–H and O–H groups in total. The van der Waals surface area contributed by atoms with Crippen molar-refractivity contribution >= 4 is 15.9 Å². The molecule has 0 saturated heterocycles. The van der Waals surface area contributed by atoms with Gasteiger partial charge in [0.25, 0.3) is 0 Å². The monoisotopic (exact) mass is 364 g/mol. The second kappa shape index (κ2) is 7.68. The Labute approximate surface area is 144 Å². The highest BCUT2D eigenvalue weighted by Crippen LogP contribution is 2.46. The van der Waals surface area contributed by atoms with Gasteiger partial charge in [-0.3, -0.25) is 0 Å². The van der Waals surface area contributed by atoms with E-state index >= 15 is 0 Å². The van der Waals surface area contributed by atoms with E-state index in [2.05, 4.69) is 61.5 Å². The van der Waals surface area contributed by atoms with Gasteiger partial charge in [0.15, 0.2) is 0 Å². The molecule has 0 heterocycles. The Morgan fingerprint density at radius 2 is 2.09 bits per heavy atom.